The number of hydrogen-bond donors (Lipinski definition) is 1. The molecule has 1 amide bonds. The van der Waals surface area contributed by atoms with Crippen molar-refractivity contribution in [1.82, 2.24) is 0 Å². The molecule has 5 heteroatoms. The number of anilines is 1. The van der Waals surface area contributed by atoms with Crippen molar-refractivity contribution in [1.29, 1.82) is 0 Å². The van der Waals surface area contributed by atoms with E-state index in [1.54, 1.807) is 18.2 Å². The highest BCUT2D eigenvalue weighted by molar-refractivity contribution is 6.41. The molecule has 35 heavy (non-hydrogen) atoms. The first-order chi connectivity index (χ1) is 17.0. The van der Waals surface area contributed by atoms with Crippen molar-refractivity contribution >= 4 is 23.3 Å². The van der Waals surface area contributed by atoms with E-state index in [2.05, 4.69) is 5.32 Å². The van der Waals surface area contributed by atoms with Crippen LogP contribution in [0.3, 0.4) is 0 Å². The van der Waals surface area contributed by atoms with Gasteiger partial charge < -0.3 is 10.1 Å². The van der Waals surface area contributed by atoms with E-state index in [0.717, 1.165) is 22.3 Å². The first-order valence-corrected chi connectivity index (χ1v) is 11.2. The summed E-state index contributed by atoms with van der Waals surface area (Å²) in [6.07, 6.45) is -0.107. The Bertz CT molecular complexity index is 1380. The van der Waals surface area contributed by atoms with E-state index >= 15 is 0 Å². The van der Waals surface area contributed by atoms with Gasteiger partial charge in [0.25, 0.3) is 5.91 Å². The topological polar surface area (TPSA) is 72.5 Å². The Morgan fingerprint density at radius 1 is 0.743 bits per heavy atom. The lowest BCUT2D eigenvalue weighted by Gasteiger charge is -2.14. The van der Waals surface area contributed by atoms with Crippen LogP contribution in [0.5, 0.6) is 0 Å². The summed E-state index contributed by atoms with van der Waals surface area (Å²) in [6.45, 7) is 1.98. The average Bonchev–Trinajstić information content (AvgIpc) is 2.90. The van der Waals surface area contributed by atoms with Crippen LogP contribution in [0.4, 0.5) is 5.69 Å². The van der Waals surface area contributed by atoms with Crippen molar-refractivity contribution in [3.8, 4) is 22.3 Å². The summed E-state index contributed by atoms with van der Waals surface area (Å²) in [5.74, 6) is -1.74. The minimum Gasteiger partial charge on any atom is -0.465 e. The Morgan fingerprint density at radius 2 is 1.37 bits per heavy atom. The number of benzene rings is 4. The molecular formula is C30H25NO4. The van der Waals surface area contributed by atoms with Crippen molar-refractivity contribution in [2.24, 2.45) is 0 Å². The molecule has 0 unspecified atom stereocenters. The van der Waals surface area contributed by atoms with Crippen molar-refractivity contribution in [3.05, 3.63) is 114 Å². The van der Waals surface area contributed by atoms with Gasteiger partial charge in [0, 0.05) is 17.7 Å². The molecule has 0 fully saturated rings. The highest BCUT2D eigenvalue weighted by Gasteiger charge is 2.20. The quantitative estimate of drug-likeness (QED) is 0.275. The molecule has 174 valence electrons. The van der Waals surface area contributed by atoms with Crippen LogP contribution in [0.1, 0.15) is 21.5 Å². The zero-order chi connectivity index (χ0) is 24.8. The number of Topliss-reactive ketones (excluding diaryl/α,β-unsaturated/α-hetero) is 1. The predicted octanol–water partition coefficient (Wildman–Crippen LogP) is 5.87. The van der Waals surface area contributed by atoms with Gasteiger partial charge in [0.15, 0.2) is 0 Å². The molecule has 0 heterocycles. The maximum absolute atomic E-state index is 13.0. The second kappa shape index (κ2) is 10.6. The smallest absolute Gasteiger partial charge is 0.337 e. The zero-order valence-electron chi connectivity index (χ0n) is 19.6. The minimum atomic E-state index is -0.693. The number of rotatable bonds is 7. The summed E-state index contributed by atoms with van der Waals surface area (Å²) in [4.78, 5) is 38.0. The molecule has 0 atom stereocenters. The largest absolute Gasteiger partial charge is 0.465 e. The van der Waals surface area contributed by atoms with Gasteiger partial charge in [-0.3, -0.25) is 9.59 Å². The molecular weight excluding hydrogens is 438 g/mol. The average molecular weight is 464 g/mol. The Hall–Kier alpha value is -4.51. The summed E-state index contributed by atoms with van der Waals surface area (Å²) < 4.78 is 4.84. The molecule has 4 aromatic rings. The van der Waals surface area contributed by atoms with Gasteiger partial charge in [-0.15, -0.1) is 0 Å². The van der Waals surface area contributed by atoms with Gasteiger partial charge in [-0.2, -0.15) is 0 Å². The summed E-state index contributed by atoms with van der Waals surface area (Å²) in [5, 5.41) is 2.79. The van der Waals surface area contributed by atoms with Crippen molar-refractivity contribution in [3.63, 3.8) is 0 Å². The molecule has 0 radical (unpaired) electrons. The standard InChI is InChI=1S/C30H25NO4/c1-20-13-16-27(26(17-20)22-11-7-4-8-12-22)31-29(33)28(32)19-23-14-15-24(30(34)35-2)18-25(23)21-9-5-3-6-10-21/h3-18H,19H2,1-2H3,(H,31,33). The van der Waals surface area contributed by atoms with Crippen LogP contribution >= 0.6 is 0 Å². The number of carbonyl (C=O) groups is 3. The third kappa shape index (κ3) is 5.53. The van der Waals surface area contributed by atoms with E-state index in [0.29, 0.717) is 22.4 Å². The molecule has 0 aliphatic heterocycles. The molecule has 0 aromatic heterocycles. The molecule has 0 spiro atoms. The zero-order valence-corrected chi connectivity index (χ0v) is 19.6. The minimum absolute atomic E-state index is 0.107. The van der Waals surface area contributed by atoms with E-state index in [4.69, 9.17) is 4.74 Å². The fourth-order valence-electron chi connectivity index (χ4n) is 3.93. The second-order valence-electron chi connectivity index (χ2n) is 8.20. The van der Waals surface area contributed by atoms with Gasteiger partial charge in [0.05, 0.1) is 12.7 Å². The summed E-state index contributed by atoms with van der Waals surface area (Å²) in [7, 11) is 1.32. The highest BCUT2D eigenvalue weighted by atomic mass is 16.5. The lowest BCUT2D eigenvalue weighted by atomic mass is 9.94. The first kappa shape index (κ1) is 23.6. The Kier molecular flexibility index (Phi) is 7.17. The number of nitrogens with one attached hydrogen (secondary N) is 1. The van der Waals surface area contributed by atoms with Gasteiger partial charge in [-0.25, -0.2) is 4.79 Å². The number of aryl methyl sites for hydroxylation is 1. The van der Waals surface area contributed by atoms with Crippen LogP contribution in [0, 0.1) is 6.92 Å². The lowest BCUT2D eigenvalue weighted by molar-refractivity contribution is -0.134. The summed E-state index contributed by atoms with van der Waals surface area (Å²) in [6, 6.07) is 29.8. The van der Waals surface area contributed by atoms with Crippen LogP contribution in [0.2, 0.25) is 0 Å². The van der Waals surface area contributed by atoms with E-state index in [1.807, 2.05) is 85.8 Å². The molecule has 4 aromatic carbocycles. The maximum atomic E-state index is 13.0. The van der Waals surface area contributed by atoms with E-state index in [-0.39, 0.29) is 6.42 Å². The maximum Gasteiger partial charge on any atom is 0.337 e. The third-order valence-corrected chi connectivity index (χ3v) is 5.73. The molecule has 0 aliphatic rings. The SMILES string of the molecule is COC(=O)c1ccc(CC(=O)C(=O)Nc2ccc(C)cc2-c2ccccc2)c(-c2ccccc2)c1. The molecule has 0 bridgehead atoms. The Labute approximate surface area is 204 Å². The number of carbonyl (C=O) groups excluding carboxylic acids is 3. The number of esters is 1. The molecule has 4 rings (SSSR count). The van der Waals surface area contributed by atoms with Crippen molar-refractivity contribution in [2.45, 2.75) is 13.3 Å². The fraction of sp³-hybridized carbons (Fsp3) is 0.100. The highest BCUT2D eigenvalue weighted by Crippen LogP contribution is 2.30. The number of hydrogen-bond acceptors (Lipinski definition) is 4. The monoisotopic (exact) mass is 463 g/mol. The van der Waals surface area contributed by atoms with E-state index < -0.39 is 17.7 Å². The van der Waals surface area contributed by atoms with Gasteiger partial charge in [-0.05, 0) is 53.4 Å². The normalized spacial score (nSPS) is 10.5. The molecule has 0 saturated heterocycles. The first-order valence-electron chi connectivity index (χ1n) is 11.2. The van der Waals surface area contributed by atoms with Gasteiger partial charge in [-0.1, -0.05) is 78.4 Å². The number of ketones is 1. The molecule has 0 saturated carbocycles. The van der Waals surface area contributed by atoms with Crippen LogP contribution in [-0.2, 0) is 20.7 Å². The third-order valence-electron chi connectivity index (χ3n) is 5.73. The van der Waals surface area contributed by atoms with Crippen LogP contribution in [0.25, 0.3) is 22.3 Å². The van der Waals surface area contributed by atoms with E-state index in [1.165, 1.54) is 7.11 Å². The molecule has 5 nitrogen and oxygen atoms in total. The second-order valence-corrected chi connectivity index (χ2v) is 8.20. The van der Waals surface area contributed by atoms with Crippen LogP contribution in [-0.4, -0.2) is 24.8 Å². The number of methoxy groups -OCH3 is 1. The number of ether oxygens (including phenoxy) is 1. The number of amides is 1. The Balaban J connectivity index is 1.60. The summed E-state index contributed by atoms with van der Waals surface area (Å²) >= 11 is 0. The lowest BCUT2D eigenvalue weighted by Crippen LogP contribution is -2.25. The predicted molar refractivity (Wildman–Crippen MR) is 137 cm³/mol. The van der Waals surface area contributed by atoms with Gasteiger partial charge >= 0.3 is 5.97 Å². The van der Waals surface area contributed by atoms with Gasteiger partial charge in [0.2, 0.25) is 5.78 Å². The van der Waals surface area contributed by atoms with Gasteiger partial charge in [0.1, 0.15) is 0 Å². The van der Waals surface area contributed by atoms with Crippen molar-refractivity contribution in [2.75, 3.05) is 12.4 Å². The van der Waals surface area contributed by atoms with Crippen LogP contribution < -0.4 is 5.32 Å². The van der Waals surface area contributed by atoms with E-state index in [9.17, 15) is 14.4 Å². The Morgan fingerprint density at radius 3 is 2.00 bits per heavy atom. The van der Waals surface area contributed by atoms with Crippen LogP contribution in [0.15, 0.2) is 97.1 Å². The fourth-order valence-corrected chi connectivity index (χ4v) is 3.93. The summed E-state index contributed by atoms with van der Waals surface area (Å²) in [5.41, 5.74) is 5.98. The molecule has 1 N–H and O–H groups in total. The van der Waals surface area contributed by atoms with Crippen molar-refractivity contribution < 1.29 is 19.1 Å². The molecule has 0 aliphatic carbocycles.